The van der Waals surface area contributed by atoms with Gasteiger partial charge in [-0.1, -0.05) is 47.7 Å². The first-order chi connectivity index (χ1) is 10.8. The highest BCUT2D eigenvalue weighted by atomic mass is 32.2. The van der Waals surface area contributed by atoms with Crippen molar-refractivity contribution < 1.29 is 4.79 Å². The second-order valence-corrected chi connectivity index (χ2v) is 6.44. The van der Waals surface area contributed by atoms with Crippen molar-refractivity contribution in [2.24, 2.45) is 0 Å². The molecular formula is C15H12N4OS2. The lowest BCUT2D eigenvalue weighted by Gasteiger charge is -2.01. The van der Waals surface area contributed by atoms with Gasteiger partial charge in [0, 0.05) is 23.1 Å². The largest absolute Gasteiger partial charge is 0.330 e. The fourth-order valence-electron chi connectivity index (χ4n) is 1.69. The number of carbonyl (C=O) groups is 1. The van der Waals surface area contributed by atoms with Crippen molar-refractivity contribution in [1.82, 2.24) is 10.2 Å². The molecule has 0 atom stereocenters. The summed E-state index contributed by atoms with van der Waals surface area (Å²) in [6, 6.07) is 19.0. The lowest BCUT2D eigenvalue weighted by molar-refractivity contribution is 0.270. The summed E-state index contributed by atoms with van der Waals surface area (Å²) in [5, 5.41) is 14.4. The first-order valence-corrected chi connectivity index (χ1v) is 8.12. The van der Waals surface area contributed by atoms with E-state index >= 15 is 0 Å². The molecule has 0 aliphatic carbocycles. The van der Waals surface area contributed by atoms with Crippen molar-refractivity contribution in [3.63, 3.8) is 0 Å². The molecule has 0 aliphatic rings. The van der Waals surface area contributed by atoms with Gasteiger partial charge in [0.25, 0.3) is 5.24 Å². The zero-order valence-electron chi connectivity index (χ0n) is 11.4. The van der Waals surface area contributed by atoms with Crippen LogP contribution in [0.2, 0.25) is 0 Å². The number of hydrogen-bond acceptors (Lipinski definition) is 6. The highest BCUT2D eigenvalue weighted by Gasteiger charge is 2.10. The van der Waals surface area contributed by atoms with Gasteiger partial charge in [0.05, 0.1) is 0 Å². The molecule has 0 saturated carbocycles. The fourth-order valence-corrected chi connectivity index (χ4v) is 3.23. The molecule has 5 nitrogen and oxygen atoms in total. The number of benzene rings is 2. The van der Waals surface area contributed by atoms with Crippen LogP contribution in [0.3, 0.4) is 0 Å². The van der Waals surface area contributed by atoms with E-state index in [4.69, 9.17) is 0 Å². The standard InChI is InChI=1S/C15H12N4OS2/c20-14(17-12-9-5-2-6-10-12)22-15-19-18-13(21-15)16-11-7-3-1-4-8-11/h1-10H,(H,16,18)(H,17,20). The Hall–Kier alpha value is -2.38. The molecule has 1 aromatic heterocycles. The molecule has 0 radical (unpaired) electrons. The Morgan fingerprint density at radius 3 is 2.23 bits per heavy atom. The van der Waals surface area contributed by atoms with Crippen LogP contribution in [0.5, 0.6) is 0 Å². The number of aromatic nitrogens is 2. The Labute approximate surface area is 135 Å². The minimum Gasteiger partial charge on any atom is -0.330 e. The quantitative estimate of drug-likeness (QED) is 0.685. The van der Waals surface area contributed by atoms with Crippen LogP contribution in [-0.2, 0) is 0 Å². The van der Waals surface area contributed by atoms with Gasteiger partial charge in [-0.2, -0.15) is 0 Å². The van der Waals surface area contributed by atoms with Gasteiger partial charge in [0.2, 0.25) is 5.13 Å². The van der Waals surface area contributed by atoms with Gasteiger partial charge >= 0.3 is 0 Å². The lowest BCUT2D eigenvalue weighted by atomic mass is 10.3. The molecule has 110 valence electrons. The van der Waals surface area contributed by atoms with Crippen molar-refractivity contribution in [2.75, 3.05) is 10.6 Å². The number of nitrogens with one attached hydrogen (secondary N) is 2. The van der Waals surface area contributed by atoms with Gasteiger partial charge in [-0.05, 0) is 24.3 Å². The Morgan fingerprint density at radius 1 is 0.909 bits per heavy atom. The average molecular weight is 328 g/mol. The number of carbonyl (C=O) groups excluding carboxylic acids is 1. The number of thioether (sulfide) groups is 1. The Balaban J connectivity index is 1.58. The van der Waals surface area contributed by atoms with E-state index in [9.17, 15) is 4.79 Å². The third-order valence-corrected chi connectivity index (χ3v) is 4.31. The normalized spacial score (nSPS) is 10.2. The summed E-state index contributed by atoms with van der Waals surface area (Å²) in [5.74, 6) is 0. The highest BCUT2D eigenvalue weighted by Crippen LogP contribution is 2.28. The number of para-hydroxylation sites is 2. The summed E-state index contributed by atoms with van der Waals surface area (Å²) >= 11 is 2.36. The predicted octanol–water partition coefficient (Wildman–Crippen LogP) is 4.61. The summed E-state index contributed by atoms with van der Waals surface area (Å²) < 4.78 is 0.590. The van der Waals surface area contributed by atoms with E-state index in [1.54, 1.807) is 0 Å². The topological polar surface area (TPSA) is 66.9 Å². The summed E-state index contributed by atoms with van der Waals surface area (Å²) in [6.07, 6.45) is 0. The molecule has 1 amide bonds. The second kappa shape index (κ2) is 7.06. The van der Waals surface area contributed by atoms with Gasteiger partial charge < -0.3 is 10.6 Å². The van der Waals surface area contributed by atoms with Gasteiger partial charge in [0.15, 0.2) is 4.34 Å². The third kappa shape index (κ3) is 4.06. The summed E-state index contributed by atoms with van der Waals surface area (Å²) in [7, 11) is 0. The highest BCUT2D eigenvalue weighted by molar-refractivity contribution is 8.15. The SMILES string of the molecule is O=C(Nc1ccccc1)Sc1nnc(Nc2ccccc2)s1. The fraction of sp³-hybridized carbons (Fsp3) is 0. The molecule has 3 aromatic rings. The Morgan fingerprint density at radius 2 is 1.55 bits per heavy atom. The Bertz CT molecular complexity index is 747. The molecule has 2 aromatic carbocycles. The van der Waals surface area contributed by atoms with E-state index < -0.39 is 0 Å². The van der Waals surface area contributed by atoms with Crippen LogP contribution in [0.15, 0.2) is 65.0 Å². The number of anilines is 3. The molecule has 22 heavy (non-hydrogen) atoms. The van der Waals surface area contributed by atoms with Crippen molar-refractivity contribution in [1.29, 1.82) is 0 Å². The predicted molar refractivity (Wildman–Crippen MR) is 91.0 cm³/mol. The zero-order valence-corrected chi connectivity index (χ0v) is 13.0. The maximum absolute atomic E-state index is 11.9. The molecule has 0 unspecified atom stereocenters. The maximum atomic E-state index is 11.9. The zero-order chi connectivity index (χ0) is 15.2. The molecular weight excluding hydrogens is 316 g/mol. The summed E-state index contributed by atoms with van der Waals surface area (Å²) in [5.41, 5.74) is 1.69. The Kier molecular flexibility index (Phi) is 4.67. The van der Waals surface area contributed by atoms with Gasteiger partial charge in [-0.3, -0.25) is 4.79 Å². The minimum absolute atomic E-state index is 0.186. The van der Waals surface area contributed by atoms with Crippen LogP contribution in [0.25, 0.3) is 0 Å². The number of amides is 1. The third-order valence-electron chi connectivity index (χ3n) is 2.63. The van der Waals surface area contributed by atoms with E-state index in [1.807, 2.05) is 60.7 Å². The monoisotopic (exact) mass is 328 g/mol. The molecule has 0 spiro atoms. The van der Waals surface area contributed by atoms with Crippen LogP contribution < -0.4 is 10.6 Å². The van der Waals surface area contributed by atoms with E-state index in [1.165, 1.54) is 11.3 Å². The van der Waals surface area contributed by atoms with Crippen LogP contribution >= 0.6 is 23.1 Å². The molecule has 3 rings (SSSR count). The second-order valence-electron chi connectivity index (χ2n) is 4.24. The van der Waals surface area contributed by atoms with Crippen molar-refractivity contribution >= 4 is 44.8 Å². The van der Waals surface area contributed by atoms with Crippen molar-refractivity contribution in [3.8, 4) is 0 Å². The number of hydrogen-bond donors (Lipinski definition) is 2. The van der Waals surface area contributed by atoms with E-state index in [0.717, 1.165) is 23.1 Å². The van der Waals surface area contributed by atoms with Crippen LogP contribution in [0, 0.1) is 0 Å². The van der Waals surface area contributed by atoms with Gasteiger partial charge in [0.1, 0.15) is 0 Å². The van der Waals surface area contributed by atoms with Crippen molar-refractivity contribution in [2.45, 2.75) is 4.34 Å². The van der Waals surface area contributed by atoms with Crippen LogP contribution in [-0.4, -0.2) is 15.4 Å². The first-order valence-electron chi connectivity index (χ1n) is 6.49. The average Bonchev–Trinajstić information content (AvgIpc) is 2.96. The molecule has 0 aliphatic heterocycles. The maximum Gasteiger partial charge on any atom is 0.290 e. The van der Waals surface area contributed by atoms with E-state index in [2.05, 4.69) is 20.8 Å². The molecule has 7 heteroatoms. The van der Waals surface area contributed by atoms with E-state index in [-0.39, 0.29) is 5.24 Å². The number of rotatable bonds is 4. The molecule has 0 bridgehead atoms. The first kappa shape index (κ1) is 14.6. The van der Waals surface area contributed by atoms with Crippen LogP contribution in [0.1, 0.15) is 0 Å². The molecule has 0 fully saturated rings. The molecule has 0 saturated heterocycles. The van der Waals surface area contributed by atoms with Gasteiger partial charge in [-0.25, -0.2) is 0 Å². The summed E-state index contributed by atoms with van der Waals surface area (Å²) in [4.78, 5) is 11.9. The molecule has 2 N–H and O–H groups in total. The smallest absolute Gasteiger partial charge is 0.290 e. The summed E-state index contributed by atoms with van der Waals surface area (Å²) in [6.45, 7) is 0. The van der Waals surface area contributed by atoms with Crippen molar-refractivity contribution in [3.05, 3.63) is 60.7 Å². The lowest BCUT2D eigenvalue weighted by Crippen LogP contribution is -2.03. The number of nitrogens with zero attached hydrogens (tertiary/aromatic N) is 2. The van der Waals surface area contributed by atoms with Gasteiger partial charge in [-0.15, -0.1) is 10.2 Å². The van der Waals surface area contributed by atoms with Crippen LogP contribution in [0.4, 0.5) is 21.3 Å². The minimum atomic E-state index is -0.186. The van der Waals surface area contributed by atoms with E-state index in [0.29, 0.717) is 9.47 Å². The molecule has 1 heterocycles.